The monoisotopic (exact) mass is 1950 g/mol. The fourth-order valence-corrected chi connectivity index (χ4v) is 26.9. The van der Waals surface area contributed by atoms with Crippen molar-refractivity contribution in [2.45, 2.75) is 25.2 Å². The molecular formula is C142H95N3OS3. The maximum absolute atomic E-state index is 6.40. The number of thiophene rings is 3. The highest BCUT2D eigenvalue weighted by Gasteiger charge is 2.37. The smallest absolute Gasteiger partial charge is 0.137 e. The van der Waals surface area contributed by atoms with Crippen LogP contribution in [0.25, 0.3) is 192 Å². The molecule has 4 nitrogen and oxygen atoms in total. The van der Waals surface area contributed by atoms with Crippen molar-refractivity contribution in [2.24, 2.45) is 0 Å². The number of furan rings is 1. The zero-order valence-corrected chi connectivity index (χ0v) is 84.3. The number of fused-ring (bicyclic) bond motifs is 24. The quantitative estimate of drug-likeness (QED) is 0.0754. The minimum absolute atomic E-state index is 0.0919. The molecule has 0 radical (unpaired) electrons. The second-order valence-corrected chi connectivity index (χ2v) is 42.9. The van der Waals surface area contributed by atoms with Crippen molar-refractivity contribution in [3.8, 4) is 44.5 Å². The fraction of sp³-hybridized carbons (Fsp3) is 0.0282. The number of benzene rings is 25. The van der Waals surface area contributed by atoms with Gasteiger partial charge in [0.2, 0.25) is 0 Å². The van der Waals surface area contributed by atoms with Crippen molar-refractivity contribution >= 4 is 232 Å². The van der Waals surface area contributed by atoms with Gasteiger partial charge in [-0.15, -0.1) is 34.0 Å². The molecule has 0 atom stereocenters. The molecule has 0 amide bonds. The summed E-state index contributed by atoms with van der Waals surface area (Å²) >= 11 is 5.63. The minimum Gasteiger partial charge on any atom is -0.456 e. The Morgan fingerprint density at radius 2 is 0.510 bits per heavy atom. The summed E-state index contributed by atoms with van der Waals surface area (Å²) in [6.45, 7) is 4.73. The van der Waals surface area contributed by atoms with Crippen LogP contribution >= 0.6 is 34.0 Å². The standard InChI is InChI=1S/C51H35NS.C47H33NS.C44H27NOS/c1-4-14-35(15-5-1)36-28-30-42(31-29-36)52(43-22-12-21-41(32-43)50(37-16-6-2-7-17-37)38-18-8-3-9-19-38)47-24-13-20-39-26-27-40-33-46-44-23-10-11-25-48(44)53-49(46)34-45(40)51(39)47;1-47(2)41-16-8-6-14-36(41)37-26-25-35(28-42(37)47)48(34-23-21-31(22-24-34)30-11-4-3-5-12-30)43-17-10-13-32-19-20-33-27-40-38-15-7-9-18-44(38)49-45(40)29-39(33)46(32)43;1-2-9-28(10-3-1)29-19-21-32(22-20-29)45(33-23-24-35-34-12-4-6-15-40(34)46-41(35)26-33)39-14-8-11-30-17-18-31-25-38-36-13-5-7-16-42(36)47-43(38)27-37(31)44(30)39/h1-34,50H;3-29H,1-2H3;1-27H. The van der Waals surface area contributed by atoms with Gasteiger partial charge in [0.15, 0.2) is 0 Å². The van der Waals surface area contributed by atoms with E-state index >= 15 is 0 Å². The van der Waals surface area contributed by atoms with Gasteiger partial charge < -0.3 is 19.1 Å². The van der Waals surface area contributed by atoms with E-state index in [1.165, 1.54) is 209 Å². The Kier molecular flexibility index (Phi) is 21.9. The van der Waals surface area contributed by atoms with E-state index in [1.54, 1.807) is 0 Å². The van der Waals surface area contributed by atoms with E-state index in [1.807, 2.05) is 46.1 Å². The number of hydrogen-bond acceptors (Lipinski definition) is 7. The average molecular weight is 1960 g/mol. The Morgan fingerprint density at radius 1 is 0.188 bits per heavy atom. The average Bonchev–Trinajstić information content (AvgIpc) is 1.27. The molecule has 30 rings (SSSR count). The molecule has 0 saturated heterocycles. The SMILES string of the molecule is CC1(C)c2ccccc2-c2ccc(N(c3ccc(-c4ccccc4)cc3)c3cccc4ccc5cc6c(cc5c34)sc3ccccc36)cc21.c1ccc(-c2ccc(N(c3ccc4c(c3)oc3ccccc34)c3cccc4ccc5cc6c(cc5c34)sc3ccccc36)cc2)cc1.c1ccc(-c2ccc(N(c3cccc(C(c4ccccc4)c4ccccc4)c3)c3cccc4ccc5cc6c(cc5c34)sc3ccccc36)cc2)cc1. The molecule has 702 valence electrons. The molecule has 1 aliphatic rings. The number of anilines is 9. The van der Waals surface area contributed by atoms with Gasteiger partial charge in [-0.25, -0.2) is 0 Å². The van der Waals surface area contributed by atoms with Crippen LogP contribution in [0.15, 0.2) is 538 Å². The van der Waals surface area contributed by atoms with E-state index in [-0.39, 0.29) is 11.3 Å². The molecule has 1 aliphatic carbocycles. The third kappa shape index (κ3) is 15.7. The lowest BCUT2D eigenvalue weighted by Crippen LogP contribution is -2.16. The molecule has 25 aromatic carbocycles. The lowest BCUT2D eigenvalue weighted by Gasteiger charge is -2.29. The lowest BCUT2D eigenvalue weighted by molar-refractivity contribution is 0.660. The molecule has 0 unspecified atom stereocenters. The summed E-state index contributed by atoms with van der Waals surface area (Å²) in [5.74, 6) is 0.0919. The van der Waals surface area contributed by atoms with E-state index in [4.69, 9.17) is 4.42 Å². The van der Waals surface area contributed by atoms with Crippen LogP contribution in [0.1, 0.15) is 47.6 Å². The molecule has 4 heterocycles. The maximum Gasteiger partial charge on any atom is 0.137 e. The van der Waals surface area contributed by atoms with Crippen molar-refractivity contribution in [2.75, 3.05) is 14.7 Å². The van der Waals surface area contributed by atoms with Crippen LogP contribution in [0.4, 0.5) is 51.2 Å². The first kappa shape index (κ1) is 88.6. The number of rotatable bonds is 15. The second-order valence-electron chi connectivity index (χ2n) is 39.6. The lowest BCUT2D eigenvalue weighted by atomic mass is 9.82. The van der Waals surface area contributed by atoms with Crippen LogP contribution in [0.5, 0.6) is 0 Å². The summed E-state index contributed by atoms with van der Waals surface area (Å²) in [6, 6.07) is 195. The van der Waals surface area contributed by atoms with Gasteiger partial charge in [-0.05, 0) is 272 Å². The zero-order chi connectivity index (χ0) is 98.7. The van der Waals surface area contributed by atoms with Crippen LogP contribution < -0.4 is 14.7 Å². The zero-order valence-electron chi connectivity index (χ0n) is 81.9. The number of para-hydroxylation sites is 1. The molecular weight excluding hydrogens is 1860 g/mol. The van der Waals surface area contributed by atoms with E-state index < -0.39 is 0 Å². The van der Waals surface area contributed by atoms with Crippen LogP contribution in [0.2, 0.25) is 0 Å². The minimum atomic E-state index is -0.0942. The fourth-order valence-electron chi connectivity index (χ4n) is 23.5. The predicted octanol–water partition coefficient (Wildman–Crippen LogP) is 41.9. The molecule has 7 heteroatoms. The molecule has 0 aliphatic heterocycles. The van der Waals surface area contributed by atoms with Gasteiger partial charge in [-0.1, -0.05) is 390 Å². The molecule has 0 bridgehead atoms. The van der Waals surface area contributed by atoms with Gasteiger partial charge in [0.05, 0.1) is 17.1 Å². The van der Waals surface area contributed by atoms with E-state index in [2.05, 4.69) is 550 Å². The summed E-state index contributed by atoms with van der Waals surface area (Å²) in [6.07, 6.45) is 0. The van der Waals surface area contributed by atoms with Crippen molar-refractivity contribution in [1.82, 2.24) is 0 Å². The highest BCUT2D eigenvalue weighted by Crippen LogP contribution is 2.55. The normalized spacial score (nSPS) is 12.2. The molecule has 0 N–H and O–H groups in total. The number of hydrogen-bond donors (Lipinski definition) is 0. The Bertz CT molecular complexity index is 10200. The molecule has 0 spiro atoms. The van der Waals surface area contributed by atoms with Gasteiger partial charge in [0, 0.05) is 139 Å². The van der Waals surface area contributed by atoms with E-state index in [0.29, 0.717) is 0 Å². The summed E-state index contributed by atoms with van der Waals surface area (Å²) in [5, 5.41) is 25.2. The third-order valence-corrected chi connectivity index (χ3v) is 34.0. The van der Waals surface area contributed by atoms with Crippen molar-refractivity contribution in [1.29, 1.82) is 0 Å². The highest BCUT2D eigenvalue weighted by atomic mass is 32.1. The van der Waals surface area contributed by atoms with Crippen molar-refractivity contribution in [3.63, 3.8) is 0 Å². The Hall–Kier alpha value is -18.1. The largest absolute Gasteiger partial charge is 0.456 e. The van der Waals surface area contributed by atoms with Gasteiger partial charge >= 0.3 is 0 Å². The van der Waals surface area contributed by atoms with Crippen molar-refractivity contribution in [3.05, 3.63) is 562 Å². The summed E-state index contributed by atoms with van der Waals surface area (Å²) in [4.78, 5) is 7.32. The molecule has 0 saturated carbocycles. The van der Waals surface area contributed by atoms with Crippen LogP contribution in [-0.4, -0.2) is 0 Å². The van der Waals surface area contributed by atoms with Gasteiger partial charge in [0.25, 0.3) is 0 Å². The molecule has 4 aromatic heterocycles. The Labute approximate surface area is 875 Å². The molecule has 0 fully saturated rings. The second kappa shape index (κ2) is 36.9. The summed E-state index contributed by atoms with van der Waals surface area (Å²) in [5.41, 5.74) is 28.4. The molecule has 149 heavy (non-hydrogen) atoms. The van der Waals surface area contributed by atoms with Crippen LogP contribution in [0.3, 0.4) is 0 Å². The topological polar surface area (TPSA) is 22.9 Å². The van der Waals surface area contributed by atoms with Crippen molar-refractivity contribution < 1.29 is 4.42 Å². The first-order chi connectivity index (χ1) is 73.6. The van der Waals surface area contributed by atoms with E-state index in [9.17, 15) is 0 Å². The first-order valence-corrected chi connectivity index (χ1v) is 53.6. The van der Waals surface area contributed by atoms with Crippen LogP contribution in [0, 0.1) is 0 Å². The Balaban J connectivity index is 0.000000108. The number of nitrogens with zero attached hydrogens (tertiary/aromatic N) is 3. The van der Waals surface area contributed by atoms with E-state index in [0.717, 1.165) is 61.8 Å². The maximum atomic E-state index is 6.40. The van der Waals surface area contributed by atoms with Gasteiger partial charge in [-0.2, -0.15) is 0 Å². The Morgan fingerprint density at radius 3 is 0.946 bits per heavy atom. The van der Waals surface area contributed by atoms with Gasteiger partial charge in [-0.3, -0.25) is 0 Å². The summed E-state index contributed by atoms with van der Waals surface area (Å²) in [7, 11) is 0. The summed E-state index contributed by atoms with van der Waals surface area (Å²) < 4.78 is 14.3. The first-order valence-electron chi connectivity index (χ1n) is 51.1. The van der Waals surface area contributed by atoms with Crippen LogP contribution in [-0.2, 0) is 5.41 Å². The highest BCUT2D eigenvalue weighted by molar-refractivity contribution is 7.26. The third-order valence-electron chi connectivity index (χ3n) is 30.6. The van der Waals surface area contributed by atoms with Gasteiger partial charge in [0.1, 0.15) is 11.2 Å². The predicted molar refractivity (Wildman–Crippen MR) is 642 cm³/mol. The molecule has 29 aromatic rings.